The molecule has 2 atom stereocenters. The van der Waals surface area contributed by atoms with E-state index < -0.39 is 0 Å². The summed E-state index contributed by atoms with van der Waals surface area (Å²) in [4.78, 5) is 4.80. The molecule has 3 heteroatoms. The van der Waals surface area contributed by atoms with Gasteiger partial charge in [0.15, 0.2) is 0 Å². The van der Waals surface area contributed by atoms with Crippen LogP contribution < -0.4 is 10.2 Å². The highest BCUT2D eigenvalue weighted by Crippen LogP contribution is 2.38. The van der Waals surface area contributed by atoms with E-state index in [-0.39, 0.29) is 0 Å². The van der Waals surface area contributed by atoms with Gasteiger partial charge in [-0.15, -0.1) is 0 Å². The summed E-state index contributed by atoms with van der Waals surface area (Å²) in [5, 5.41) is 3.36. The van der Waals surface area contributed by atoms with E-state index in [9.17, 15) is 0 Å². The van der Waals surface area contributed by atoms with Crippen molar-refractivity contribution in [1.82, 2.24) is 10.2 Å². The Bertz CT molecular complexity index is 411. The van der Waals surface area contributed by atoms with Gasteiger partial charge in [-0.2, -0.15) is 0 Å². The molecule has 1 aliphatic heterocycles. The van der Waals surface area contributed by atoms with E-state index in [1.165, 1.54) is 24.2 Å². The van der Waals surface area contributed by atoms with E-state index in [0.29, 0.717) is 18.0 Å². The van der Waals surface area contributed by atoms with Crippen molar-refractivity contribution in [3.05, 3.63) is 29.8 Å². The number of likely N-dealkylation sites (tertiary alicyclic amines) is 1. The monoisotopic (exact) mass is 275 g/mol. The zero-order chi connectivity index (χ0) is 14.7. The van der Waals surface area contributed by atoms with Crippen LogP contribution in [-0.2, 0) is 0 Å². The standard InChI is InChI=1S/C17H29N3/c1-13(2)20-11-10-15(12-18-3)17(20)14-6-8-16(9-7-14)19(4)5/h6-9,13,15,17-18H,10-12H2,1-5H3. The first-order valence-corrected chi connectivity index (χ1v) is 7.72. The van der Waals surface area contributed by atoms with Crippen molar-refractivity contribution >= 4 is 5.69 Å². The Morgan fingerprint density at radius 2 is 1.90 bits per heavy atom. The lowest BCUT2D eigenvalue weighted by Gasteiger charge is -2.32. The molecule has 0 aliphatic carbocycles. The molecular formula is C17H29N3. The smallest absolute Gasteiger partial charge is 0.0391 e. The third-order valence-corrected chi connectivity index (χ3v) is 4.44. The molecule has 0 amide bonds. The Labute approximate surface area is 124 Å². The molecule has 1 aromatic rings. The Balaban J connectivity index is 2.24. The number of rotatable bonds is 5. The summed E-state index contributed by atoms with van der Waals surface area (Å²) < 4.78 is 0. The zero-order valence-corrected chi connectivity index (χ0v) is 13.6. The third-order valence-electron chi connectivity index (χ3n) is 4.44. The van der Waals surface area contributed by atoms with Gasteiger partial charge in [0.25, 0.3) is 0 Å². The first-order chi connectivity index (χ1) is 9.54. The summed E-state index contributed by atoms with van der Waals surface area (Å²) in [6.45, 7) is 6.93. The van der Waals surface area contributed by atoms with Crippen LogP contribution in [0.2, 0.25) is 0 Å². The molecule has 2 unspecified atom stereocenters. The number of hydrogen-bond acceptors (Lipinski definition) is 3. The lowest BCUT2D eigenvalue weighted by atomic mass is 9.93. The second-order valence-corrected chi connectivity index (χ2v) is 6.37. The Hall–Kier alpha value is -1.06. The molecule has 1 aliphatic rings. The summed E-state index contributed by atoms with van der Waals surface area (Å²) in [6, 6.07) is 10.3. The maximum atomic E-state index is 3.36. The topological polar surface area (TPSA) is 18.5 Å². The maximum absolute atomic E-state index is 3.36. The van der Waals surface area contributed by atoms with E-state index in [2.05, 4.69) is 74.4 Å². The summed E-state index contributed by atoms with van der Waals surface area (Å²) in [5.41, 5.74) is 2.73. The molecule has 0 saturated carbocycles. The van der Waals surface area contributed by atoms with Gasteiger partial charge in [0, 0.05) is 31.9 Å². The predicted octanol–water partition coefficient (Wildman–Crippen LogP) is 2.74. The number of nitrogens with zero attached hydrogens (tertiary/aromatic N) is 2. The molecule has 1 saturated heterocycles. The van der Waals surface area contributed by atoms with Gasteiger partial charge in [0.2, 0.25) is 0 Å². The first-order valence-electron chi connectivity index (χ1n) is 7.72. The van der Waals surface area contributed by atoms with E-state index in [4.69, 9.17) is 0 Å². The molecule has 1 N–H and O–H groups in total. The number of anilines is 1. The van der Waals surface area contributed by atoms with Gasteiger partial charge in [-0.3, -0.25) is 4.90 Å². The van der Waals surface area contributed by atoms with Crippen molar-refractivity contribution in [2.75, 3.05) is 39.1 Å². The minimum Gasteiger partial charge on any atom is -0.378 e. The van der Waals surface area contributed by atoms with Crippen molar-refractivity contribution in [2.45, 2.75) is 32.4 Å². The molecule has 112 valence electrons. The largest absolute Gasteiger partial charge is 0.378 e. The lowest BCUT2D eigenvalue weighted by Crippen LogP contribution is -2.33. The van der Waals surface area contributed by atoms with Gasteiger partial charge >= 0.3 is 0 Å². The van der Waals surface area contributed by atoms with Crippen LogP contribution in [0.1, 0.15) is 31.9 Å². The maximum Gasteiger partial charge on any atom is 0.0391 e. The minimum absolute atomic E-state index is 0.554. The molecule has 3 nitrogen and oxygen atoms in total. The van der Waals surface area contributed by atoms with Crippen molar-refractivity contribution in [3.63, 3.8) is 0 Å². The predicted molar refractivity (Wildman–Crippen MR) is 87.4 cm³/mol. The highest BCUT2D eigenvalue weighted by molar-refractivity contribution is 5.46. The highest BCUT2D eigenvalue weighted by atomic mass is 15.2. The van der Waals surface area contributed by atoms with Crippen molar-refractivity contribution in [3.8, 4) is 0 Å². The first kappa shape index (κ1) is 15.3. The molecule has 1 aromatic carbocycles. The van der Waals surface area contributed by atoms with Gasteiger partial charge in [-0.05, 0) is 64.0 Å². The molecule has 0 spiro atoms. The summed E-state index contributed by atoms with van der Waals surface area (Å²) in [7, 11) is 6.24. The van der Waals surface area contributed by atoms with Gasteiger partial charge in [0.1, 0.15) is 0 Å². The lowest BCUT2D eigenvalue weighted by molar-refractivity contribution is 0.182. The van der Waals surface area contributed by atoms with Gasteiger partial charge < -0.3 is 10.2 Å². The summed E-state index contributed by atoms with van der Waals surface area (Å²) in [6.07, 6.45) is 1.29. The Morgan fingerprint density at radius 1 is 1.25 bits per heavy atom. The van der Waals surface area contributed by atoms with E-state index in [0.717, 1.165) is 6.54 Å². The van der Waals surface area contributed by atoms with E-state index >= 15 is 0 Å². The van der Waals surface area contributed by atoms with Crippen LogP contribution in [0.3, 0.4) is 0 Å². The molecule has 2 rings (SSSR count). The number of benzene rings is 1. The fourth-order valence-electron chi connectivity index (χ4n) is 3.37. The summed E-state index contributed by atoms with van der Waals surface area (Å²) in [5.74, 6) is 0.715. The van der Waals surface area contributed by atoms with E-state index in [1.807, 2.05) is 0 Å². The number of nitrogens with one attached hydrogen (secondary N) is 1. The van der Waals surface area contributed by atoms with Crippen LogP contribution in [0.15, 0.2) is 24.3 Å². The van der Waals surface area contributed by atoms with Crippen LogP contribution in [0.5, 0.6) is 0 Å². The fraction of sp³-hybridized carbons (Fsp3) is 0.647. The number of hydrogen-bond donors (Lipinski definition) is 1. The Morgan fingerprint density at radius 3 is 2.40 bits per heavy atom. The third kappa shape index (κ3) is 3.15. The second-order valence-electron chi connectivity index (χ2n) is 6.37. The average Bonchev–Trinajstić information content (AvgIpc) is 2.83. The van der Waals surface area contributed by atoms with Gasteiger partial charge in [-0.25, -0.2) is 0 Å². The van der Waals surface area contributed by atoms with Crippen molar-refractivity contribution in [1.29, 1.82) is 0 Å². The van der Waals surface area contributed by atoms with Crippen LogP contribution >= 0.6 is 0 Å². The van der Waals surface area contributed by atoms with Crippen LogP contribution in [0.25, 0.3) is 0 Å². The highest BCUT2D eigenvalue weighted by Gasteiger charge is 2.35. The fourth-order valence-corrected chi connectivity index (χ4v) is 3.37. The van der Waals surface area contributed by atoms with Crippen LogP contribution in [0.4, 0.5) is 5.69 Å². The molecule has 1 fully saturated rings. The molecule has 0 radical (unpaired) electrons. The molecular weight excluding hydrogens is 246 g/mol. The van der Waals surface area contributed by atoms with Crippen LogP contribution in [-0.4, -0.2) is 45.2 Å². The molecule has 20 heavy (non-hydrogen) atoms. The van der Waals surface area contributed by atoms with E-state index in [1.54, 1.807) is 0 Å². The SMILES string of the molecule is CNCC1CCN(C(C)C)C1c1ccc(N(C)C)cc1. The van der Waals surface area contributed by atoms with Gasteiger partial charge in [0.05, 0.1) is 0 Å². The zero-order valence-electron chi connectivity index (χ0n) is 13.6. The normalized spacial score (nSPS) is 23.5. The summed E-state index contributed by atoms with van der Waals surface area (Å²) >= 11 is 0. The van der Waals surface area contributed by atoms with Crippen molar-refractivity contribution < 1.29 is 0 Å². The van der Waals surface area contributed by atoms with Gasteiger partial charge in [-0.1, -0.05) is 12.1 Å². The minimum atomic E-state index is 0.554. The van der Waals surface area contributed by atoms with Crippen molar-refractivity contribution in [2.24, 2.45) is 5.92 Å². The molecule has 0 bridgehead atoms. The van der Waals surface area contributed by atoms with Crippen LogP contribution in [0, 0.1) is 5.92 Å². The molecule has 1 heterocycles. The Kier molecular flexibility index (Phi) is 5.06. The second kappa shape index (κ2) is 6.59. The average molecular weight is 275 g/mol. The molecule has 0 aromatic heterocycles. The quantitative estimate of drug-likeness (QED) is 0.891.